The van der Waals surface area contributed by atoms with Crippen LogP contribution in [0.2, 0.25) is 0 Å². The number of amides is 2. The first kappa shape index (κ1) is 20.2. The molecule has 1 saturated carbocycles. The maximum atomic E-state index is 12.3. The van der Waals surface area contributed by atoms with E-state index in [2.05, 4.69) is 20.2 Å². The number of alkyl halides is 3. The van der Waals surface area contributed by atoms with Crippen molar-refractivity contribution in [1.82, 2.24) is 20.4 Å². The lowest BCUT2D eigenvalue weighted by Gasteiger charge is -2.22. The normalized spacial score (nSPS) is 19.2. The number of hydrogen-bond acceptors (Lipinski definition) is 6. The highest BCUT2D eigenvalue weighted by Crippen LogP contribution is 2.34. The number of hydrogen-bond donors (Lipinski definition) is 1. The SMILES string of the molecule is O=C(NCc1noc([C@@H]2CCC(=O)N2Cc2ccc(OC(F)(F)F)cc2)n1)C1CC1. The van der Waals surface area contributed by atoms with Crippen molar-refractivity contribution >= 4 is 11.8 Å². The fourth-order valence-electron chi connectivity index (χ4n) is 3.31. The van der Waals surface area contributed by atoms with E-state index in [-0.39, 0.29) is 42.5 Å². The average molecular weight is 424 g/mol. The van der Waals surface area contributed by atoms with E-state index in [1.165, 1.54) is 24.3 Å². The molecule has 1 atom stereocenters. The van der Waals surface area contributed by atoms with Crippen LogP contribution in [-0.4, -0.2) is 33.2 Å². The van der Waals surface area contributed by atoms with E-state index in [4.69, 9.17) is 4.52 Å². The van der Waals surface area contributed by atoms with Crippen molar-refractivity contribution in [1.29, 1.82) is 0 Å². The molecule has 2 fully saturated rings. The van der Waals surface area contributed by atoms with Gasteiger partial charge >= 0.3 is 6.36 Å². The molecule has 30 heavy (non-hydrogen) atoms. The minimum absolute atomic E-state index is 0.0306. The number of nitrogens with zero attached hydrogens (tertiary/aromatic N) is 3. The second-order valence-corrected chi connectivity index (χ2v) is 7.31. The maximum absolute atomic E-state index is 12.3. The average Bonchev–Trinajstić information content (AvgIpc) is 3.34. The quantitative estimate of drug-likeness (QED) is 0.734. The van der Waals surface area contributed by atoms with Crippen molar-refractivity contribution in [2.24, 2.45) is 5.92 Å². The Labute approximate surface area is 169 Å². The lowest BCUT2D eigenvalue weighted by molar-refractivity contribution is -0.274. The van der Waals surface area contributed by atoms with Gasteiger partial charge in [-0.25, -0.2) is 0 Å². The molecule has 0 spiro atoms. The van der Waals surface area contributed by atoms with Gasteiger partial charge in [0, 0.05) is 18.9 Å². The van der Waals surface area contributed by atoms with E-state index < -0.39 is 12.4 Å². The zero-order chi connectivity index (χ0) is 21.3. The molecule has 1 aliphatic heterocycles. The molecular weight excluding hydrogens is 405 g/mol. The Bertz CT molecular complexity index is 925. The monoisotopic (exact) mass is 424 g/mol. The van der Waals surface area contributed by atoms with Crippen LogP contribution in [0.3, 0.4) is 0 Å². The van der Waals surface area contributed by atoms with Crippen molar-refractivity contribution in [3.63, 3.8) is 0 Å². The molecule has 2 amide bonds. The van der Waals surface area contributed by atoms with Crippen molar-refractivity contribution in [2.45, 2.75) is 51.2 Å². The molecular formula is C19H19F3N4O4. The third-order valence-corrected chi connectivity index (χ3v) is 4.98. The summed E-state index contributed by atoms with van der Waals surface area (Å²) in [5.41, 5.74) is 0.640. The van der Waals surface area contributed by atoms with Crippen LogP contribution in [0.1, 0.15) is 49.0 Å². The summed E-state index contributed by atoms with van der Waals surface area (Å²) in [6.45, 7) is 0.339. The minimum Gasteiger partial charge on any atom is -0.406 e. The van der Waals surface area contributed by atoms with Crippen molar-refractivity contribution in [3.8, 4) is 5.75 Å². The molecule has 1 aromatic heterocycles. The predicted octanol–water partition coefficient (Wildman–Crippen LogP) is 2.86. The molecule has 0 unspecified atom stereocenters. The Morgan fingerprint density at radius 3 is 2.63 bits per heavy atom. The fraction of sp³-hybridized carbons (Fsp3) is 0.474. The molecule has 160 valence electrons. The Balaban J connectivity index is 1.39. The van der Waals surface area contributed by atoms with E-state index in [0.717, 1.165) is 12.8 Å². The molecule has 1 N–H and O–H groups in total. The van der Waals surface area contributed by atoms with Crippen LogP contribution in [0.15, 0.2) is 28.8 Å². The van der Waals surface area contributed by atoms with Crippen LogP contribution in [0, 0.1) is 5.92 Å². The van der Waals surface area contributed by atoms with Gasteiger partial charge < -0.3 is 19.5 Å². The molecule has 2 heterocycles. The number of likely N-dealkylation sites (tertiary alicyclic amines) is 1. The zero-order valence-corrected chi connectivity index (χ0v) is 15.8. The molecule has 11 heteroatoms. The highest BCUT2D eigenvalue weighted by atomic mass is 19.4. The smallest absolute Gasteiger partial charge is 0.406 e. The minimum atomic E-state index is -4.76. The topological polar surface area (TPSA) is 97.6 Å². The van der Waals surface area contributed by atoms with Gasteiger partial charge in [-0.1, -0.05) is 17.3 Å². The maximum Gasteiger partial charge on any atom is 0.573 e. The molecule has 1 aromatic carbocycles. The Morgan fingerprint density at radius 1 is 1.23 bits per heavy atom. The predicted molar refractivity (Wildman–Crippen MR) is 94.5 cm³/mol. The summed E-state index contributed by atoms with van der Waals surface area (Å²) in [7, 11) is 0. The van der Waals surface area contributed by atoms with E-state index in [0.29, 0.717) is 24.2 Å². The molecule has 4 rings (SSSR count). The standard InChI is InChI=1S/C19H19F3N4O4/c20-19(21,22)29-13-5-1-11(2-6-13)10-26-14(7-8-16(26)27)18-24-15(25-30-18)9-23-17(28)12-3-4-12/h1-2,5-6,12,14H,3-4,7-10H2,(H,23,28)/t14-/m0/s1. The summed E-state index contributed by atoms with van der Waals surface area (Å²) >= 11 is 0. The van der Waals surface area contributed by atoms with Crippen LogP contribution in [-0.2, 0) is 22.7 Å². The van der Waals surface area contributed by atoms with Crippen molar-refractivity contribution in [3.05, 3.63) is 41.5 Å². The van der Waals surface area contributed by atoms with E-state index in [9.17, 15) is 22.8 Å². The summed E-state index contributed by atoms with van der Waals surface area (Å²) in [6, 6.07) is 4.91. The van der Waals surface area contributed by atoms with E-state index in [1.54, 1.807) is 4.90 Å². The molecule has 8 nitrogen and oxygen atoms in total. The summed E-state index contributed by atoms with van der Waals surface area (Å²) in [4.78, 5) is 29.9. The first-order valence-electron chi connectivity index (χ1n) is 9.53. The van der Waals surface area contributed by atoms with Gasteiger partial charge in [0.2, 0.25) is 17.7 Å². The molecule has 2 aromatic rings. The lowest BCUT2D eigenvalue weighted by Crippen LogP contribution is -2.27. The van der Waals surface area contributed by atoms with Gasteiger partial charge in [-0.05, 0) is 37.0 Å². The van der Waals surface area contributed by atoms with Gasteiger partial charge in [0.15, 0.2) is 5.82 Å². The summed E-state index contributed by atoms with van der Waals surface area (Å²) < 4.78 is 46.0. The van der Waals surface area contributed by atoms with Crippen LogP contribution in [0.5, 0.6) is 5.75 Å². The van der Waals surface area contributed by atoms with Crippen LogP contribution in [0.25, 0.3) is 0 Å². The first-order valence-corrected chi connectivity index (χ1v) is 9.53. The van der Waals surface area contributed by atoms with Gasteiger partial charge in [0.1, 0.15) is 11.8 Å². The number of halogens is 3. The second-order valence-electron chi connectivity index (χ2n) is 7.31. The number of rotatable bonds is 7. The number of aromatic nitrogens is 2. The number of carbonyl (C=O) groups is 2. The highest BCUT2D eigenvalue weighted by Gasteiger charge is 2.36. The summed E-state index contributed by atoms with van der Waals surface area (Å²) in [5.74, 6) is 0.201. The third-order valence-electron chi connectivity index (χ3n) is 4.98. The molecule has 1 saturated heterocycles. The van der Waals surface area contributed by atoms with Gasteiger partial charge in [0.25, 0.3) is 0 Å². The van der Waals surface area contributed by atoms with Gasteiger partial charge in [-0.2, -0.15) is 4.98 Å². The molecule has 1 aliphatic carbocycles. The third kappa shape index (κ3) is 4.89. The number of benzene rings is 1. The van der Waals surface area contributed by atoms with Crippen molar-refractivity contribution in [2.75, 3.05) is 0 Å². The number of carbonyl (C=O) groups excluding carboxylic acids is 2. The highest BCUT2D eigenvalue weighted by molar-refractivity contribution is 5.80. The Kier molecular flexibility index (Phi) is 5.35. The second kappa shape index (κ2) is 7.96. The van der Waals surface area contributed by atoms with Crippen LogP contribution < -0.4 is 10.1 Å². The van der Waals surface area contributed by atoms with Crippen LogP contribution >= 0.6 is 0 Å². The molecule has 2 aliphatic rings. The van der Waals surface area contributed by atoms with Crippen LogP contribution in [0.4, 0.5) is 13.2 Å². The summed E-state index contributed by atoms with van der Waals surface area (Å²) in [5, 5.41) is 6.61. The molecule has 0 bridgehead atoms. The van der Waals surface area contributed by atoms with Gasteiger partial charge in [-0.3, -0.25) is 9.59 Å². The van der Waals surface area contributed by atoms with E-state index in [1.807, 2.05) is 0 Å². The largest absolute Gasteiger partial charge is 0.573 e. The van der Waals surface area contributed by atoms with E-state index >= 15 is 0 Å². The number of ether oxygens (including phenoxy) is 1. The van der Waals surface area contributed by atoms with Crippen molar-refractivity contribution < 1.29 is 32.0 Å². The first-order chi connectivity index (χ1) is 14.3. The Morgan fingerprint density at radius 2 is 1.97 bits per heavy atom. The molecule has 0 radical (unpaired) electrons. The lowest BCUT2D eigenvalue weighted by atomic mass is 10.1. The van der Waals surface area contributed by atoms with Gasteiger partial charge in [-0.15, -0.1) is 13.2 Å². The van der Waals surface area contributed by atoms with Gasteiger partial charge in [0.05, 0.1) is 6.54 Å². The fourth-order valence-corrected chi connectivity index (χ4v) is 3.31. The zero-order valence-electron chi connectivity index (χ0n) is 15.8. The summed E-state index contributed by atoms with van der Waals surface area (Å²) in [6.07, 6.45) is -2.18. The number of nitrogens with one attached hydrogen (secondary N) is 1. The Hall–Kier alpha value is -3.11.